The molecule has 0 fully saturated rings. The molecule has 7 heteroatoms. The Morgan fingerprint density at radius 3 is 1.97 bits per heavy atom. The zero-order chi connectivity index (χ0) is 26.4. The van der Waals surface area contributed by atoms with E-state index in [-0.39, 0.29) is 31.6 Å². The average Bonchev–Trinajstić information content (AvgIpc) is 2.89. The van der Waals surface area contributed by atoms with Crippen molar-refractivity contribution in [3.8, 4) is 0 Å². The molecule has 0 aromatic heterocycles. The monoisotopic (exact) mass is 504 g/mol. The molecule has 1 aromatic carbocycles. The Bertz CT molecular complexity index is 737. The van der Waals surface area contributed by atoms with E-state index in [0.29, 0.717) is 5.56 Å². The molecule has 0 aliphatic carbocycles. The van der Waals surface area contributed by atoms with E-state index in [2.05, 4.69) is 19.2 Å². The van der Waals surface area contributed by atoms with Gasteiger partial charge in [-0.2, -0.15) is 0 Å². The molecule has 0 atom stereocenters. The van der Waals surface area contributed by atoms with E-state index in [1.54, 1.807) is 18.2 Å². The predicted molar refractivity (Wildman–Crippen MR) is 144 cm³/mol. The number of benzene rings is 1. The highest BCUT2D eigenvalue weighted by Crippen LogP contribution is 2.10. The molecule has 0 bridgehead atoms. The molecule has 0 aliphatic heterocycles. The highest BCUT2D eigenvalue weighted by Gasteiger charge is 2.14. The third-order valence-corrected chi connectivity index (χ3v) is 6.21. The van der Waals surface area contributed by atoms with Gasteiger partial charge < -0.3 is 19.7 Å². The molecule has 0 heterocycles. The lowest BCUT2D eigenvalue weighted by Gasteiger charge is -2.23. The molecule has 0 aliphatic rings. The largest absolute Gasteiger partial charge is 0.465 e. The molecule has 0 radical (unpaired) electrons. The number of nitrogens with one attached hydrogen (secondary N) is 1. The van der Waals surface area contributed by atoms with Crippen LogP contribution >= 0.6 is 0 Å². The first-order valence-electron chi connectivity index (χ1n) is 13.8. The van der Waals surface area contributed by atoms with Crippen molar-refractivity contribution in [3.05, 3.63) is 35.4 Å². The Kier molecular flexibility index (Phi) is 18.2. The number of rotatable bonds is 21. The number of amides is 2. The van der Waals surface area contributed by atoms with Crippen molar-refractivity contribution >= 4 is 17.8 Å². The standard InChI is InChI=1S/C29H48N2O5/c1-4-6-8-10-12-14-19-31(20-15-13-11-9-7-5-2)28(33)24-36-23-27(32)30-22-25-17-16-18-26(21-25)29(34)35-3/h16-18,21H,4-15,19-20,22-24H2,1-3H3,(H,30,32). The first-order valence-corrected chi connectivity index (χ1v) is 13.8. The van der Waals surface area contributed by atoms with Gasteiger partial charge in [0.2, 0.25) is 11.8 Å². The number of esters is 1. The highest BCUT2D eigenvalue weighted by molar-refractivity contribution is 5.89. The van der Waals surface area contributed by atoms with E-state index in [1.165, 1.54) is 58.5 Å². The Balaban J connectivity index is 2.39. The lowest BCUT2D eigenvalue weighted by atomic mass is 10.1. The summed E-state index contributed by atoms with van der Waals surface area (Å²) < 4.78 is 10.2. The van der Waals surface area contributed by atoms with E-state index >= 15 is 0 Å². The maximum atomic E-state index is 12.8. The van der Waals surface area contributed by atoms with E-state index in [1.807, 2.05) is 11.0 Å². The molecule has 7 nitrogen and oxygen atoms in total. The number of carbonyl (C=O) groups excluding carboxylic acids is 3. The molecule has 0 unspecified atom stereocenters. The van der Waals surface area contributed by atoms with Crippen LogP contribution in [0, 0.1) is 0 Å². The highest BCUT2D eigenvalue weighted by atomic mass is 16.5. The lowest BCUT2D eigenvalue weighted by Crippen LogP contribution is -2.37. The van der Waals surface area contributed by atoms with E-state index in [4.69, 9.17) is 9.47 Å². The van der Waals surface area contributed by atoms with Gasteiger partial charge in [-0.05, 0) is 30.5 Å². The fourth-order valence-electron chi connectivity index (χ4n) is 4.03. The van der Waals surface area contributed by atoms with Gasteiger partial charge in [-0.1, -0.05) is 90.2 Å². The second-order valence-corrected chi connectivity index (χ2v) is 9.38. The summed E-state index contributed by atoms with van der Waals surface area (Å²) in [7, 11) is 1.33. The molecule has 36 heavy (non-hydrogen) atoms. The van der Waals surface area contributed by atoms with Gasteiger partial charge in [0, 0.05) is 19.6 Å². The summed E-state index contributed by atoms with van der Waals surface area (Å²) in [5.41, 5.74) is 1.22. The Hall–Kier alpha value is -2.41. The van der Waals surface area contributed by atoms with Crippen LogP contribution in [-0.2, 0) is 25.6 Å². The van der Waals surface area contributed by atoms with Gasteiger partial charge in [-0.25, -0.2) is 4.79 Å². The average molecular weight is 505 g/mol. The second-order valence-electron chi connectivity index (χ2n) is 9.38. The number of methoxy groups -OCH3 is 1. The zero-order valence-electron chi connectivity index (χ0n) is 22.8. The van der Waals surface area contributed by atoms with Crippen LogP contribution in [0.5, 0.6) is 0 Å². The van der Waals surface area contributed by atoms with Gasteiger partial charge in [0.25, 0.3) is 0 Å². The SMILES string of the molecule is CCCCCCCCN(CCCCCCCC)C(=O)COCC(=O)NCc1cccc(C(=O)OC)c1. The minimum Gasteiger partial charge on any atom is -0.465 e. The smallest absolute Gasteiger partial charge is 0.337 e. The summed E-state index contributed by atoms with van der Waals surface area (Å²) in [6.45, 7) is 5.94. The molecule has 0 saturated heterocycles. The number of nitrogens with zero attached hydrogens (tertiary/aromatic N) is 1. The summed E-state index contributed by atoms with van der Waals surface area (Å²) in [4.78, 5) is 38.5. The third-order valence-electron chi connectivity index (χ3n) is 6.21. The van der Waals surface area contributed by atoms with Crippen molar-refractivity contribution in [3.63, 3.8) is 0 Å². The number of hydrogen-bond donors (Lipinski definition) is 1. The molecular weight excluding hydrogens is 456 g/mol. The van der Waals surface area contributed by atoms with Gasteiger partial charge in [-0.15, -0.1) is 0 Å². The molecular formula is C29H48N2O5. The topological polar surface area (TPSA) is 84.9 Å². The predicted octanol–water partition coefficient (Wildman–Crippen LogP) is 5.66. The van der Waals surface area contributed by atoms with Gasteiger partial charge in [0.05, 0.1) is 12.7 Å². The van der Waals surface area contributed by atoms with Gasteiger partial charge >= 0.3 is 5.97 Å². The Morgan fingerprint density at radius 2 is 1.39 bits per heavy atom. The van der Waals surface area contributed by atoms with Crippen molar-refractivity contribution in [2.24, 2.45) is 0 Å². The van der Waals surface area contributed by atoms with Crippen LogP contribution in [0.2, 0.25) is 0 Å². The normalized spacial score (nSPS) is 10.8. The third kappa shape index (κ3) is 14.9. The zero-order valence-corrected chi connectivity index (χ0v) is 22.8. The van der Waals surface area contributed by atoms with Gasteiger partial charge in [0.15, 0.2) is 0 Å². The Labute approximate surface area is 218 Å². The second kappa shape index (κ2) is 20.7. The quantitative estimate of drug-likeness (QED) is 0.173. The minimum absolute atomic E-state index is 0.0457. The lowest BCUT2D eigenvalue weighted by molar-refractivity contribution is -0.138. The van der Waals surface area contributed by atoms with E-state index in [0.717, 1.165) is 44.3 Å². The van der Waals surface area contributed by atoms with Crippen LogP contribution in [-0.4, -0.2) is 56.1 Å². The molecule has 0 saturated carbocycles. The summed E-state index contributed by atoms with van der Waals surface area (Å²) in [5, 5.41) is 2.76. The fourth-order valence-corrected chi connectivity index (χ4v) is 4.03. The van der Waals surface area contributed by atoms with Gasteiger partial charge in [-0.3, -0.25) is 9.59 Å². The van der Waals surface area contributed by atoms with Crippen molar-refractivity contribution in [2.75, 3.05) is 33.4 Å². The van der Waals surface area contributed by atoms with Gasteiger partial charge in [0.1, 0.15) is 13.2 Å². The van der Waals surface area contributed by atoms with E-state index < -0.39 is 5.97 Å². The summed E-state index contributed by atoms with van der Waals surface area (Å²) in [6, 6.07) is 6.90. The van der Waals surface area contributed by atoms with Crippen molar-refractivity contribution < 1.29 is 23.9 Å². The molecule has 0 spiro atoms. The first-order chi connectivity index (χ1) is 17.5. The van der Waals surface area contributed by atoms with Crippen LogP contribution < -0.4 is 5.32 Å². The van der Waals surface area contributed by atoms with Crippen LogP contribution in [0.1, 0.15) is 107 Å². The number of hydrogen-bond acceptors (Lipinski definition) is 5. The summed E-state index contributed by atoms with van der Waals surface area (Å²) in [6.07, 6.45) is 14.2. The molecule has 204 valence electrons. The van der Waals surface area contributed by atoms with Crippen molar-refractivity contribution in [1.29, 1.82) is 0 Å². The molecule has 2 amide bonds. The van der Waals surface area contributed by atoms with E-state index in [9.17, 15) is 14.4 Å². The Morgan fingerprint density at radius 1 is 0.806 bits per heavy atom. The summed E-state index contributed by atoms with van der Waals surface area (Å²) in [5.74, 6) is -0.767. The molecule has 1 aromatic rings. The number of unbranched alkanes of at least 4 members (excludes halogenated alkanes) is 10. The van der Waals surface area contributed by atoms with Crippen LogP contribution in [0.25, 0.3) is 0 Å². The van der Waals surface area contributed by atoms with Crippen LogP contribution in [0.4, 0.5) is 0 Å². The number of ether oxygens (including phenoxy) is 2. The fraction of sp³-hybridized carbons (Fsp3) is 0.690. The van der Waals surface area contributed by atoms with Crippen molar-refractivity contribution in [2.45, 2.75) is 97.4 Å². The summed E-state index contributed by atoms with van der Waals surface area (Å²) >= 11 is 0. The molecule has 1 N–H and O–H groups in total. The number of carbonyl (C=O) groups is 3. The van der Waals surface area contributed by atoms with Crippen LogP contribution in [0.15, 0.2) is 24.3 Å². The van der Waals surface area contributed by atoms with Crippen LogP contribution in [0.3, 0.4) is 0 Å². The first kappa shape index (κ1) is 31.6. The minimum atomic E-state index is -0.420. The molecule has 1 rings (SSSR count). The maximum absolute atomic E-state index is 12.8. The van der Waals surface area contributed by atoms with Crippen molar-refractivity contribution in [1.82, 2.24) is 10.2 Å². The maximum Gasteiger partial charge on any atom is 0.337 e.